The molecule has 0 fully saturated rings. The Labute approximate surface area is 142 Å². The van der Waals surface area contributed by atoms with Gasteiger partial charge < -0.3 is 0 Å². The number of carbonyl (C=O) groups excluding carboxylic acids is 1. The first-order valence-electron chi connectivity index (χ1n) is 6.95. The molecule has 2 amide bonds. The summed E-state index contributed by atoms with van der Waals surface area (Å²) >= 11 is 5.62. The highest BCUT2D eigenvalue weighted by atomic mass is 35.5. The Morgan fingerprint density at radius 2 is 1.96 bits per heavy atom. The Bertz CT molecular complexity index is 805. The van der Waals surface area contributed by atoms with E-state index in [2.05, 4.69) is 36.4 Å². The van der Waals surface area contributed by atoms with Gasteiger partial charge in [0, 0.05) is 0 Å². The molecule has 0 aliphatic carbocycles. The van der Waals surface area contributed by atoms with Gasteiger partial charge in [-0.15, -0.1) is 15.3 Å². The van der Waals surface area contributed by atoms with Crippen LogP contribution in [0.3, 0.4) is 0 Å². The van der Waals surface area contributed by atoms with Crippen LogP contribution in [0.2, 0.25) is 5.15 Å². The van der Waals surface area contributed by atoms with E-state index < -0.39 is 6.03 Å². The summed E-state index contributed by atoms with van der Waals surface area (Å²) in [5.74, 6) is 0.532. The van der Waals surface area contributed by atoms with Crippen molar-refractivity contribution in [2.45, 2.75) is 6.54 Å². The summed E-state index contributed by atoms with van der Waals surface area (Å²) in [7, 11) is 0. The molecule has 9 nitrogen and oxygen atoms in total. The highest BCUT2D eigenvalue weighted by Gasteiger charge is 2.06. The number of benzene rings is 1. The Kier molecular flexibility index (Phi) is 4.82. The minimum absolute atomic E-state index is 0.187. The molecule has 10 heteroatoms. The summed E-state index contributed by atoms with van der Waals surface area (Å²) in [6.45, 7) is 0.565. The van der Waals surface area contributed by atoms with E-state index in [4.69, 9.17) is 11.6 Å². The molecular formula is C14H13ClN8O. The van der Waals surface area contributed by atoms with E-state index in [9.17, 15) is 4.79 Å². The van der Waals surface area contributed by atoms with E-state index in [0.717, 1.165) is 5.56 Å². The first-order valence-corrected chi connectivity index (χ1v) is 7.32. The number of anilines is 2. The van der Waals surface area contributed by atoms with Gasteiger partial charge in [-0.25, -0.2) is 19.9 Å². The lowest BCUT2D eigenvalue weighted by Gasteiger charge is -2.06. The predicted molar refractivity (Wildman–Crippen MR) is 88.4 cm³/mol. The highest BCUT2D eigenvalue weighted by molar-refractivity contribution is 6.29. The fourth-order valence-corrected chi connectivity index (χ4v) is 1.94. The lowest BCUT2D eigenvalue weighted by atomic mass is 10.2. The van der Waals surface area contributed by atoms with Crippen molar-refractivity contribution >= 4 is 29.4 Å². The monoisotopic (exact) mass is 344 g/mol. The molecular weight excluding hydrogens is 332 g/mol. The number of hydrogen-bond donors (Lipinski definition) is 3. The Hall–Kier alpha value is -3.20. The largest absolute Gasteiger partial charge is 0.340 e. The van der Waals surface area contributed by atoms with Gasteiger partial charge in [0.1, 0.15) is 6.33 Å². The number of halogens is 1. The van der Waals surface area contributed by atoms with E-state index in [0.29, 0.717) is 12.4 Å². The van der Waals surface area contributed by atoms with Gasteiger partial charge in [0.15, 0.2) is 11.0 Å². The molecule has 2 aromatic heterocycles. The molecule has 0 radical (unpaired) electrons. The van der Waals surface area contributed by atoms with Crippen molar-refractivity contribution in [2.24, 2.45) is 0 Å². The fraction of sp³-hybridized carbons (Fsp3) is 0.0714. The van der Waals surface area contributed by atoms with Gasteiger partial charge in [0.25, 0.3) is 0 Å². The Morgan fingerprint density at radius 3 is 2.71 bits per heavy atom. The Balaban J connectivity index is 1.50. The molecule has 3 rings (SSSR count). The molecule has 0 unspecified atom stereocenters. The lowest BCUT2D eigenvalue weighted by molar-refractivity contribution is 0.253. The number of hydrazine groups is 1. The van der Waals surface area contributed by atoms with Crippen molar-refractivity contribution in [1.82, 2.24) is 30.4 Å². The van der Waals surface area contributed by atoms with Crippen LogP contribution in [-0.2, 0) is 6.54 Å². The van der Waals surface area contributed by atoms with Crippen LogP contribution in [0.5, 0.6) is 0 Å². The van der Waals surface area contributed by atoms with Crippen LogP contribution in [0, 0.1) is 0 Å². The molecule has 2 heterocycles. The van der Waals surface area contributed by atoms with E-state index in [1.807, 2.05) is 30.3 Å². The molecule has 0 atom stereocenters. The van der Waals surface area contributed by atoms with Crippen LogP contribution < -0.4 is 16.2 Å². The van der Waals surface area contributed by atoms with E-state index in [1.165, 1.54) is 0 Å². The van der Waals surface area contributed by atoms with Crippen LogP contribution in [0.15, 0.2) is 48.8 Å². The van der Waals surface area contributed by atoms with E-state index in [1.54, 1.807) is 23.1 Å². The van der Waals surface area contributed by atoms with Crippen LogP contribution in [0.25, 0.3) is 0 Å². The van der Waals surface area contributed by atoms with Crippen LogP contribution in [-0.4, -0.2) is 31.0 Å². The van der Waals surface area contributed by atoms with Crippen LogP contribution in [0.4, 0.5) is 16.6 Å². The molecule has 0 bridgehead atoms. The second-order valence-electron chi connectivity index (χ2n) is 4.70. The SMILES string of the molecule is O=C(NNc1ccc(Cl)nn1)Nc1ncn(Cc2ccccc2)n1. The van der Waals surface area contributed by atoms with E-state index >= 15 is 0 Å². The summed E-state index contributed by atoms with van der Waals surface area (Å²) < 4.78 is 1.63. The van der Waals surface area contributed by atoms with Crippen LogP contribution >= 0.6 is 11.6 Å². The summed E-state index contributed by atoms with van der Waals surface area (Å²) in [4.78, 5) is 15.8. The zero-order chi connectivity index (χ0) is 16.8. The average Bonchev–Trinajstić information content (AvgIpc) is 3.02. The number of aromatic nitrogens is 5. The fourth-order valence-electron chi connectivity index (χ4n) is 1.83. The molecule has 0 aliphatic rings. The molecule has 3 N–H and O–H groups in total. The van der Waals surface area contributed by atoms with Crippen LogP contribution in [0.1, 0.15) is 5.56 Å². The Morgan fingerprint density at radius 1 is 1.12 bits per heavy atom. The quantitative estimate of drug-likeness (QED) is 0.610. The van der Waals surface area contributed by atoms with Gasteiger partial charge in [0.2, 0.25) is 5.95 Å². The third-order valence-corrected chi connectivity index (χ3v) is 3.09. The molecule has 0 spiro atoms. The maximum absolute atomic E-state index is 11.8. The van der Waals surface area contributed by atoms with Gasteiger partial charge in [-0.1, -0.05) is 41.9 Å². The molecule has 1 aromatic carbocycles. The van der Waals surface area contributed by atoms with Crippen molar-refractivity contribution in [3.05, 3.63) is 59.5 Å². The topological polar surface area (TPSA) is 110 Å². The maximum Gasteiger partial charge on any atom is 0.340 e. The molecule has 0 saturated carbocycles. The van der Waals surface area contributed by atoms with E-state index in [-0.39, 0.29) is 11.1 Å². The second kappa shape index (κ2) is 7.38. The number of nitrogens with one attached hydrogen (secondary N) is 3. The summed E-state index contributed by atoms with van der Waals surface area (Å²) in [5.41, 5.74) is 6.06. The van der Waals surface area contributed by atoms with Crippen molar-refractivity contribution in [2.75, 3.05) is 10.7 Å². The standard InChI is InChI=1S/C14H13ClN8O/c15-11-6-7-12(19-18-11)20-21-14(24)17-13-16-9-23(22-13)8-10-4-2-1-3-5-10/h1-7,9H,8H2,(H,19,20)(H2,17,21,22,24). The van der Waals surface area contributed by atoms with Gasteiger partial charge in [0.05, 0.1) is 6.54 Å². The molecule has 0 aliphatic heterocycles. The van der Waals surface area contributed by atoms with Gasteiger partial charge >= 0.3 is 6.03 Å². The first-order chi connectivity index (χ1) is 11.7. The maximum atomic E-state index is 11.8. The van der Waals surface area contributed by atoms with Gasteiger partial charge in [-0.05, 0) is 17.7 Å². The number of carbonyl (C=O) groups is 1. The van der Waals surface area contributed by atoms with Crippen molar-refractivity contribution in [1.29, 1.82) is 0 Å². The summed E-state index contributed by atoms with van der Waals surface area (Å²) in [6, 6.07) is 12.4. The average molecular weight is 345 g/mol. The summed E-state index contributed by atoms with van der Waals surface area (Å²) in [6.07, 6.45) is 1.54. The number of rotatable bonds is 5. The molecule has 0 saturated heterocycles. The van der Waals surface area contributed by atoms with Crippen molar-refractivity contribution in [3.8, 4) is 0 Å². The molecule has 24 heavy (non-hydrogen) atoms. The number of urea groups is 1. The number of nitrogens with zero attached hydrogens (tertiary/aromatic N) is 5. The second-order valence-corrected chi connectivity index (χ2v) is 5.08. The third-order valence-electron chi connectivity index (χ3n) is 2.89. The lowest BCUT2D eigenvalue weighted by Crippen LogP contribution is -2.34. The van der Waals surface area contributed by atoms with Crippen molar-refractivity contribution in [3.63, 3.8) is 0 Å². The highest BCUT2D eigenvalue weighted by Crippen LogP contribution is 2.05. The first kappa shape index (κ1) is 15.7. The number of amides is 2. The predicted octanol–water partition coefficient (Wildman–Crippen LogP) is 1.92. The normalized spacial score (nSPS) is 10.2. The minimum atomic E-state index is -0.538. The smallest absolute Gasteiger partial charge is 0.279 e. The van der Waals surface area contributed by atoms with Gasteiger partial charge in [-0.2, -0.15) is 0 Å². The minimum Gasteiger partial charge on any atom is -0.279 e. The number of hydrogen-bond acceptors (Lipinski definition) is 6. The molecule has 122 valence electrons. The van der Waals surface area contributed by atoms with Crippen molar-refractivity contribution < 1.29 is 4.79 Å². The molecule has 3 aromatic rings. The summed E-state index contributed by atoms with van der Waals surface area (Å²) in [5, 5.41) is 14.3. The van der Waals surface area contributed by atoms with Gasteiger partial charge in [-0.3, -0.25) is 10.7 Å². The zero-order valence-electron chi connectivity index (χ0n) is 12.3. The zero-order valence-corrected chi connectivity index (χ0v) is 13.1. The third kappa shape index (κ3) is 4.40.